The molecule has 1 saturated carbocycles. The lowest BCUT2D eigenvalue weighted by Crippen LogP contribution is -2.31. The van der Waals surface area contributed by atoms with Crippen molar-refractivity contribution < 1.29 is 4.79 Å². The van der Waals surface area contributed by atoms with E-state index in [0.717, 1.165) is 24.8 Å². The zero-order valence-electron chi connectivity index (χ0n) is 8.16. The van der Waals surface area contributed by atoms with Crippen LogP contribution in [0.15, 0.2) is 23.2 Å². The second-order valence-electron chi connectivity index (χ2n) is 3.82. The maximum Gasteiger partial charge on any atom is 0.235 e. The SMILES string of the molecule is Nc1cc(C2(N=C=O)CCC2)ccc1Cl. The van der Waals surface area contributed by atoms with Gasteiger partial charge in [-0.3, -0.25) is 0 Å². The number of anilines is 1. The number of rotatable bonds is 2. The molecule has 0 aromatic heterocycles. The molecule has 0 spiro atoms. The maximum absolute atomic E-state index is 10.4. The Bertz CT molecular complexity index is 434. The fourth-order valence-corrected chi connectivity index (χ4v) is 2.01. The second kappa shape index (κ2) is 3.69. The van der Waals surface area contributed by atoms with Crippen LogP contribution in [0.25, 0.3) is 0 Å². The highest BCUT2D eigenvalue weighted by atomic mass is 35.5. The number of aliphatic imine (C=N–C) groups is 1. The molecule has 1 aromatic carbocycles. The highest BCUT2D eigenvalue weighted by Gasteiger charge is 2.38. The molecule has 1 fully saturated rings. The molecule has 1 aliphatic carbocycles. The third kappa shape index (κ3) is 1.65. The van der Waals surface area contributed by atoms with Gasteiger partial charge in [-0.1, -0.05) is 17.7 Å². The first kappa shape index (κ1) is 10.2. The summed E-state index contributed by atoms with van der Waals surface area (Å²) in [6.07, 6.45) is 4.48. The summed E-state index contributed by atoms with van der Waals surface area (Å²) in [4.78, 5) is 14.3. The van der Waals surface area contributed by atoms with Crippen molar-refractivity contribution in [2.24, 2.45) is 4.99 Å². The number of hydrogen-bond donors (Lipinski definition) is 1. The Balaban J connectivity index is 2.43. The van der Waals surface area contributed by atoms with E-state index in [9.17, 15) is 4.79 Å². The van der Waals surface area contributed by atoms with Gasteiger partial charge >= 0.3 is 0 Å². The summed E-state index contributed by atoms with van der Waals surface area (Å²) >= 11 is 5.84. The summed E-state index contributed by atoms with van der Waals surface area (Å²) in [5.74, 6) is 0. The van der Waals surface area contributed by atoms with Gasteiger partial charge in [-0.25, -0.2) is 4.79 Å². The largest absolute Gasteiger partial charge is 0.398 e. The summed E-state index contributed by atoms with van der Waals surface area (Å²) in [7, 11) is 0. The van der Waals surface area contributed by atoms with Gasteiger partial charge in [0.15, 0.2) is 0 Å². The number of carbonyl (C=O) groups excluding carboxylic acids is 1. The first-order chi connectivity index (χ1) is 7.18. The van der Waals surface area contributed by atoms with Crippen molar-refractivity contribution >= 4 is 23.4 Å². The molecule has 0 atom stereocenters. The summed E-state index contributed by atoms with van der Waals surface area (Å²) in [6, 6.07) is 5.41. The Labute approximate surface area is 93.0 Å². The molecule has 0 aliphatic heterocycles. The molecule has 15 heavy (non-hydrogen) atoms. The zero-order valence-corrected chi connectivity index (χ0v) is 8.92. The maximum atomic E-state index is 10.4. The molecule has 0 radical (unpaired) electrons. The molecule has 1 aromatic rings. The Morgan fingerprint density at radius 2 is 2.20 bits per heavy atom. The van der Waals surface area contributed by atoms with Crippen LogP contribution in [-0.2, 0) is 10.3 Å². The molecule has 0 saturated heterocycles. The number of hydrogen-bond acceptors (Lipinski definition) is 3. The lowest BCUT2D eigenvalue weighted by Gasteiger charge is -2.37. The number of benzene rings is 1. The van der Waals surface area contributed by atoms with Gasteiger partial charge in [-0.05, 0) is 37.0 Å². The molecule has 78 valence electrons. The highest BCUT2D eigenvalue weighted by molar-refractivity contribution is 6.33. The van der Waals surface area contributed by atoms with Crippen molar-refractivity contribution in [1.29, 1.82) is 0 Å². The molecule has 0 amide bonds. The predicted molar refractivity (Wildman–Crippen MR) is 59.5 cm³/mol. The van der Waals surface area contributed by atoms with Gasteiger partial charge in [0.25, 0.3) is 0 Å². The van der Waals surface area contributed by atoms with Gasteiger partial charge in [0.1, 0.15) is 0 Å². The normalized spacial score (nSPS) is 17.7. The fourth-order valence-electron chi connectivity index (χ4n) is 1.90. The Morgan fingerprint density at radius 1 is 1.47 bits per heavy atom. The van der Waals surface area contributed by atoms with E-state index in [1.54, 1.807) is 18.2 Å². The van der Waals surface area contributed by atoms with Gasteiger partial charge in [-0.2, -0.15) is 4.99 Å². The van der Waals surface area contributed by atoms with Crippen LogP contribution >= 0.6 is 11.6 Å². The van der Waals surface area contributed by atoms with Gasteiger partial charge in [0.05, 0.1) is 16.2 Å². The van der Waals surface area contributed by atoms with Crippen molar-refractivity contribution in [3.8, 4) is 0 Å². The Kier molecular flexibility index (Phi) is 2.51. The Hall–Kier alpha value is -1.31. The average Bonchev–Trinajstić information content (AvgIpc) is 2.16. The van der Waals surface area contributed by atoms with Crippen molar-refractivity contribution in [2.75, 3.05) is 5.73 Å². The summed E-state index contributed by atoms with van der Waals surface area (Å²) in [5, 5.41) is 0.531. The van der Waals surface area contributed by atoms with E-state index in [1.807, 2.05) is 6.07 Å². The number of halogens is 1. The van der Waals surface area contributed by atoms with E-state index < -0.39 is 0 Å². The second-order valence-corrected chi connectivity index (χ2v) is 4.23. The fraction of sp³-hybridized carbons (Fsp3) is 0.364. The van der Waals surface area contributed by atoms with E-state index in [4.69, 9.17) is 17.3 Å². The van der Waals surface area contributed by atoms with Crippen molar-refractivity contribution in [2.45, 2.75) is 24.8 Å². The topological polar surface area (TPSA) is 55.4 Å². The van der Waals surface area contributed by atoms with E-state index in [1.165, 1.54) is 0 Å². The molecule has 0 unspecified atom stereocenters. The van der Waals surface area contributed by atoms with Crippen LogP contribution in [0.1, 0.15) is 24.8 Å². The third-order valence-corrected chi connectivity index (χ3v) is 3.32. The standard InChI is InChI=1S/C11H11ClN2O/c12-9-3-2-8(6-10(9)13)11(14-7-15)4-1-5-11/h2-3,6H,1,4-5,13H2. The molecule has 4 heteroatoms. The summed E-state index contributed by atoms with van der Waals surface area (Å²) in [6.45, 7) is 0. The molecular weight excluding hydrogens is 212 g/mol. The Morgan fingerprint density at radius 3 is 2.67 bits per heavy atom. The molecule has 2 N–H and O–H groups in total. The van der Waals surface area contributed by atoms with Crippen molar-refractivity contribution in [1.82, 2.24) is 0 Å². The quantitative estimate of drug-likeness (QED) is 0.475. The smallest absolute Gasteiger partial charge is 0.235 e. The third-order valence-electron chi connectivity index (χ3n) is 2.97. The van der Waals surface area contributed by atoms with Crippen LogP contribution in [0.2, 0.25) is 5.02 Å². The van der Waals surface area contributed by atoms with E-state index >= 15 is 0 Å². The highest BCUT2D eigenvalue weighted by Crippen LogP contribution is 2.45. The minimum Gasteiger partial charge on any atom is -0.398 e. The number of isocyanates is 1. The predicted octanol–water partition coefficient (Wildman–Crippen LogP) is 2.64. The molecule has 2 rings (SSSR count). The number of nitrogens with two attached hydrogens (primary N) is 1. The molecule has 1 aliphatic rings. The molecular formula is C11H11ClN2O. The average molecular weight is 223 g/mol. The molecule has 3 nitrogen and oxygen atoms in total. The van der Waals surface area contributed by atoms with E-state index in [0.29, 0.717) is 10.7 Å². The van der Waals surface area contributed by atoms with Crippen LogP contribution in [0, 0.1) is 0 Å². The first-order valence-electron chi connectivity index (χ1n) is 4.82. The summed E-state index contributed by atoms with van der Waals surface area (Å²) < 4.78 is 0. The van der Waals surface area contributed by atoms with E-state index in [2.05, 4.69) is 4.99 Å². The first-order valence-corrected chi connectivity index (χ1v) is 5.20. The number of nitrogen functional groups attached to an aromatic ring is 1. The monoisotopic (exact) mass is 222 g/mol. The molecule has 0 bridgehead atoms. The van der Waals surface area contributed by atoms with Crippen molar-refractivity contribution in [3.63, 3.8) is 0 Å². The van der Waals surface area contributed by atoms with Crippen LogP contribution in [0.3, 0.4) is 0 Å². The zero-order chi connectivity index (χ0) is 10.9. The van der Waals surface area contributed by atoms with Crippen LogP contribution < -0.4 is 5.73 Å². The summed E-state index contributed by atoms with van der Waals surface area (Å²) in [5.41, 5.74) is 6.82. The van der Waals surface area contributed by atoms with Gasteiger partial charge in [0, 0.05) is 0 Å². The van der Waals surface area contributed by atoms with Crippen LogP contribution in [-0.4, -0.2) is 6.08 Å². The van der Waals surface area contributed by atoms with Gasteiger partial charge in [-0.15, -0.1) is 0 Å². The van der Waals surface area contributed by atoms with E-state index in [-0.39, 0.29) is 5.54 Å². The van der Waals surface area contributed by atoms with Crippen molar-refractivity contribution in [3.05, 3.63) is 28.8 Å². The van der Waals surface area contributed by atoms with Crippen LogP contribution in [0.4, 0.5) is 5.69 Å². The number of nitrogens with zero attached hydrogens (tertiary/aromatic N) is 1. The van der Waals surface area contributed by atoms with Gasteiger partial charge < -0.3 is 5.73 Å². The van der Waals surface area contributed by atoms with Gasteiger partial charge in [0.2, 0.25) is 6.08 Å². The minimum atomic E-state index is -0.388. The minimum absolute atomic E-state index is 0.388. The lowest BCUT2D eigenvalue weighted by atomic mass is 9.72. The molecule has 0 heterocycles. The lowest BCUT2D eigenvalue weighted by molar-refractivity contribution is 0.256. The van der Waals surface area contributed by atoms with Crippen LogP contribution in [0.5, 0.6) is 0 Å².